The van der Waals surface area contributed by atoms with E-state index in [2.05, 4.69) is 29.8 Å². The van der Waals surface area contributed by atoms with Gasteiger partial charge in [-0.3, -0.25) is 9.59 Å². The summed E-state index contributed by atoms with van der Waals surface area (Å²) in [5, 5.41) is 9.39. The van der Waals surface area contributed by atoms with E-state index in [4.69, 9.17) is 9.72 Å². The van der Waals surface area contributed by atoms with E-state index in [0.717, 1.165) is 30.5 Å². The lowest BCUT2D eigenvalue weighted by molar-refractivity contribution is -0.128. The Morgan fingerprint density at radius 3 is 2.89 bits per heavy atom. The lowest BCUT2D eigenvalue weighted by atomic mass is 9.65. The molecule has 186 valence electrons. The Morgan fingerprint density at radius 1 is 1.33 bits per heavy atom. The minimum Gasteiger partial charge on any atom is -0.467 e. The number of nitriles is 1. The molecule has 1 spiro atoms. The number of likely N-dealkylation sites (N-methyl/N-ethyl adjacent to an activating group) is 1. The maximum absolute atomic E-state index is 14.1. The molecule has 9 nitrogen and oxygen atoms in total. The third-order valence-electron chi connectivity index (χ3n) is 7.77. The molecule has 0 saturated carbocycles. The monoisotopic (exact) mass is 486 g/mol. The largest absolute Gasteiger partial charge is 0.467 e. The molecule has 2 unspecified atom stereocenters. The molecule has 0 N–H and O–H groups in total. The number of rotatable bonds is 4. The third kappa shape index (κ3) is 3.68. The zero-order valence-corrected chi connectivity index (χ0v) is 20.7. The van der Waals surface area contributed by atoms with Crippen LogP contribution in [0.4, 0.5) is 11.5 Å². The fourth-order valence-corrected chi connectivity index (χ4v) is 6.09. The second-order valence-corrected chi connectivity index (χ2v) is 9.66. The Morgan fingerprint density at radius 2 is 2.14 bits per heavy atom. The van der Waals surface area contributed by atoms with E-state index in [1.165, 1.54) is 18.7 Å². The van der Waals surface area contributed by atoms with Gasteiger partial charge in [0.1, 0.15) is 5.69 Å². The second kappa shape index (κ2) is 9.26. The molecular weight excluding hydrogens is 456 g/mol. The molecule has 2 aromatic rings. The van der Waals surface area contributed by atoms with Crippen LogP contribution in [0.3, 0.4) is 0 Å². The van der Waals surface area contributed by atoms with Crippen molar-refractivity contribution in [3.05, 3.63) is 53.7 Å². The summed E-state index contributed by atoms with van der Waals surface area (Å²) in [7, 11) is 3.33. The minimum atomic E-state index is -0.661. The summed E-state index contributed by atoms with van der Waals surface area (Å²) in [6.45, 7) is 4.94. The molecule has 9 heteroatoms. The number of hydrogen-bond donors (Lipinski definition) is 0. The number of benzene rings is 1. The van der Waals surface area contributed by atoms with E-state index >= 15 is 0 Å². The van der Waals surface area contributed by atoms with Crippen LogP contribution in [0, 0.1) is 11.3 Å². The van der Waals surface area contributed by atoms with E-state index in [-0.39, 0.29) is 30.3 Å². The molecule has 3 heterocycles. The molecule has 1 saturated heterocycles. The molecule has 1 aromatic heterocycles. The molecule has 1 aromatic carbocycles. The topological polar surface area (TPSA) is 103 Å². The molecule has 36 heavy (non-hydrogen) atoms. The minimum absolute atomic E-state index is 0.0474. The van der Waals surface area contributed by atoms with E-state index in [9.17, 15) is 14.9 Å². The van der Waals surface area contributed by atoms with Crippen LogP contribution in [0.1, 0.15) is 36.1 Å². The van der Waals surface area contributed by atoms with Crippen molar-refractivity contribution in [2.45, 2.75) is 43.6 Å². The highest BCUT2D eigenvalue weighted by atomic mass is 16.5. The Labute approximate surface area is 211 Å². The summed E-state index contributed by atoms with van der Waals surface area (Å²) < 4.78 is 5.49. The molecular formula is C27H30N6O3. The molecule has 2 atom stereocenters. The van der Waals surface area contributed by atoms with Gasteiger partial charge >= 0.3 is 6.01 Å². The maximum Gasteiger partial charge on any atom is 0.318 e. The van der Waals surface area contributed by atoms with Crippen LogP contribution in [-0.2, 0) is 27.8 Å². The van der Waals surface area contributed by atoms with Crippen molar-refractivity contribution in [1.29, 1.82) is 5.26 Å². The highest BCUT2D eigenvalue weighted by Gasteiger charge is 2.50. The number of aromatic nitrogens is 2. The second-order valence-electron chi connectivity index (χ2n) is 9.66. The van der Waals surface area contributed by atoms with Crippen LogP contribution in [0.25, 0.3) is 0 Å². The molecule has 2 aliphatic heterocycles. The zero-order chi connectivity index (χ0) is 25.4. The quantitative estimate of drug-likeness (QED) is 0.612. The summed E-state index contributed by atoms with van der Waals surface area (Å²) in [6, 6.07) is 10.3. The normalized spacial score (nSPS) is 23.1. The standard InChI is InChI=1S/C27H30N6O3/c1-4-22(34)33-15-14-32(17-19(33)11-13-28)24-23-21(29-26(30-24)36-3)16-27(25(35)31(23)2)12-7-9-18-8-5-6-10-20(18)27/h4-6,8,10,19H,1,7,9,11-12,14-17H2,2-3H3. The van der Waals surface area contributed by atoms with Gasteiger partial charge in [0, 0.05) is 33.1 Å². The van der Waals surface area contributed by atoms with Gasteiger partial charge in [-0.2, -0.15) is 15.2 Å². The van der Waals surface area contributed by atoms with Gasteiger partial charge in [-0.15, -0.1) is 0 Å². The number of fused-ring (bicyclic) bond motifs is 3. The predicted octanol–water partition coefficient (Wildman–Crippen LogP) is 2.40. The molecule has 1 fully saturated rings. The number of amides is 2. The number of ether oxygens (including phenoxy) is 1. The van der Waals surface area contributed by atoms with Gasteiger partial charge in [-0.05, 0) is 36.5 Å². The lowest BCUT2D eigenvalue weighted by Gasteiger charge is -2.46. The number of hydrogen-bond acceptors (Lipinski definition) is 7. The number of piperazine rings is 1. The first-order valence-electron chi connectivity index (χ1n) is 12.3. The molecule has 0 bridgehead atoms. The van der Waals surface area contributed by atoms with Gasteiger partial charge in [0.05, 0.1) is 36.8 Å². The summed E-state index contributed by atoms with van der Waals surface area (Å²) in [5.74, 6) is 0.453. The Kier molecular flexibility index (Phi) is 6.12. The van der Waals surface area contributed by atoms with Gasteiger partial charge < -0.3 is 19.4 Å². The van der Waals surface area contributed by atoms with Gasteiger partial charge in [0.25, 0.3) is 0 Å². The van der Waals surface area contributed by atoms with Crippen LogP contribution >= 0.6 is 0 Å². The van der Waals surface area contributed by atoms with Crippen LogP contribution < -0.4 is 14.5 Å². The van der Waals surface area contributed by atoms with Crippen molar-refractivity contribution in [3.63, 3.8) is 0 Å². The first-order valence-corrected chi connectivity index (χ1v) is 12.3. The number of nitrogens with zero attached hydrogens (tertiary/aromatic N) is 6. The number of methoxy groups -OCH3 is 1. The first-order chi connectivity index (χ1) is 17.4. The first kappa shape index (κ1) is 23.8. The van der Waals surface area contributed by atoms with E-state index in [1.807, 2.05) is 17.0 Å². The van der Waals surface area contributed by atoms with Crippen LogP contribution in [0.2, 0.25) is 0 Å². The lowest BCUT2D eigenvalue weighted by Crippen LogP contribution is -2.56. The van der Waals surface area contributed by atoms with Gasteiger partial charge in [0.15, 0.2) is 5.82 Å². The Balaban J connectivity index is 1.58. The van der Waals surface area contributed by atoms with Crippen molar-refractivity contribution < 1.29 is 14.3 Å². The average molecular weight is 487 g/mol. The fraction of sp³-hybridized carbons (Fsp3) is 0.444. The molecule has 2 amide bonds. The molecule has 5 rings (SSSR count). The smallest absolute Gasteiger partial charge is 0.318 e. The molecule has 3 aliphatic rings. The van der Waals surface area contributed by atoms with Crippen molar-refractivity contribution >= 4 is 23.3 Å². The van der Waals surface area contributed by atoms with Gasteiger partial charge in [-0.25, -0.2) is 0 Å². The van der Waals surface area contributed by atoms with Crippen molar-refractivity contribution in [2.24, 2.45) is 0 Å². The highest BCUT2D eigenvalue weighted by molar-refractivity contribution is 6.06. The van der Waals surface area contributed by atoms with Crippen LogP contribution in [-0.4, -0.2) is 66.5 Å². The SMILES string of the molecule is C=CC(=O)N1CCN(c2nc(OC)nc3c2N(C)C(=O)C2(CCCc4ccccc42)C3)CC1CC#N. The predicted molar refractivity (Wildman–Crippen MR) is 135 cm³/mol. The van der Waals surface area contributed by atoms with E-state index < -0.39 is 5.41 Å². The van der Waals surface area contributed by atoms with Crippen molar-refractivity contribution in [2.75, 3.05) is 43.6 Å². The zero-order valence-electron chi connectivity index (χ0n) is 20.7. The third-order valence-corrected chi connectivity index (χ3v) is 7.77. The maximum atomic E-state index is 14.1. The Bertz CT molecular complexity index is 1270. The van der Waals surface area contributed by atoms with Gasteiger partial charge in [-0.1, -0.05) is 30.8 Å². The van der Waals surface area contributed by atoms with Crippen LogP contribution in [0.15, 0.2) is 36.9 Å². The molecule has 1 aliphatic carbocycles. The molecule has 0 radical (unpaired) electrons. The van der Waals surface area contributed by atoms with Crippen LogP contribution in [0.5, 0.6) is 6.01 Å². The summed E-state index contributed by atoms with van der Waals surface area (Å²) >= 11 is 0. The fourth-order valence-electron chi connectivity index (χ4n) is 6.09. The van der Waals surface area contributed by atoms with E-state index in [0.29, 0.717) is 37.6 Å². The summed E-state index contributed by atoms with van der Waals surface area (Å²) in [6.07, 6.45) is 4.62. The van der Waals surface area contributed by atoms with Crippen molar-refractivity contribution in [1.82, 2.24) is 14.9 Å². The van der Waals surface area contributed by atoms with Gasteiger partial charge in [0.2, 0.25) is 11.8 Å². The van der Waals surface area contributed by atoms with Crippen molar-refractivity contribution in [3.8, 4) is 12.1 Å². The Hall–Kier alpha value is -3.93. The number of carbonyl (C=O) groups excluding carboxylic acids is 2. The average Bonchev–Trinajstić information content (AvgIpc) is 2.91. The number of carbonyl (C=O) groups is 2. The number of aryl methyl sites for hydroxylation is 1. The highest BCUT2D eigenvalue weighted by Crippen LogP contribution is 2.48. The summed E-state index contributed by atoms with van der Waals surface area (Å²) in [5.41, 5.74) is 3.10. The van der Waals surface area contributed by atoms with E-state index in [1.54, 1.807) is 16.8 Å². The summed E-state index contributed by atoms with van der Waals surface area (Å²) in [4.78, 5) is 41.3. The number of anilines is 2.